The van der Waals surface area contributed by atoms with Gasteiger partial charge >= 0.3 is 5.97 Å². The van der Waals surface area contributed by atoms with Crippen LogP contribution in [0.5, 0.6) is 0 Å². The Hall–Kier alpha value is -3.61. The predicted octanol–water partition coefficient (Wildman–Crippen LogP) is 3.80. The molecule has 3 rings (SSSR count). The molecule has 0 saturated heterocycles. The number of rotatable bonds is 8. The van der Waals surface area contributed by atoms with Crippen molar-refractivity contribution in [2.24, 2.45) is 13.0 Å². The van der Waals surface area contributed by atoms with E-state index < -0.39 is 24.4 Å². The van der Waals surface area contributed by atoms with Crippen molar-refractivity contribution in [3.8, 4) is 5.69 Å². The Bertz CT molecular complexity index is 1130. The molecule has 7 nitrogen and oxygen atoms in total. The number of ether oxygens (including phenoxy) is 1. The van der Waals surface area contributed by atoms with E-state index in [9.17, 15) is 14.4 Å². The molecule has 1 aromatic heterocycles. The molecule has 0 radical (unpaired) electrons. The van der Waals surface area contributed by atoms with Gasteiger partial charge in [-0.05, 0) is 30.5 Å². The smallest absolute Gasteiger partial charge is 0.314 e. The van der Waals surface area contributed by atoms with E-state index in [4.69, 9.17) is 4.74 Å². The van der Waals surface area contributed by atoms with Crippen LogP contribution >= 0.6 is 0 Å². The third-order valence-electron chi connectivity index (χ3n) is 5.79. The number of para-hydroxylation sites is 1. The number of benzene rings is 2. The highest BCUT2D eigenvalue weighted by Crippen LogP contribution is 2.28. The largest absolute Gasteiger partial charge is 0.455 e. The van der Waals surface area contributed by atoms with Crippen molar-refractivity contribution in [1.29, 1.82) is 0 Å². The van der Waals surface area contributed by atoms with Crippen molar-refractivity contribution < 1.29 is 14.3 Å². The third kappa shape index (κ3) is 4.82. The Labute approximate surface area is 187 Å². The maximum atomic E-state index is 12.9. The Balaban J connectivity index is 1.72. The van der Waals surface area contributed by atoms with Crippen molar-refractivity contribution in [1.82, 2.24) is 9.36 Å². The van der Waals surface area contributed by atoms with Crippen molar-refractivity contribution in [2.45, 2.75) is 33.1 Å². The number of carbonyl (C=O) groups excluding carboxylic acids is 2. The lowest BCUT2D eigenvalue weighted by molar-refractivity contribution is -0.150. The summed E-state index contributed by atoms with van der Waals surface area (Å²) in [6, 6.07) is 18.6. The second-order valence-corrected chi connectivity index (χ2v) is 7.87. The van der Waals surface area contributed by atoms with Gasteiger partial charge in [0.25, 0.3) is 11.5 Å². The van der Waals surface area contributed by atoms with Crippen LogP contribution in [-0.4, -0.2) is 27.8 Å². The minimum atomic E-state index is -0.555. The third-order valence-corrected chi connectivity index (χ3v) is 5.79. The first-order valence-corrected chi connectivity index (χ1v) is 10.7. The fourth-order valence-corrected chi connectivity index (χ4v) is 3.71. The summed E-state index contributed by atoms with van der Waals surface area (Å²) >= 11 is 0. The molecule has 0 unspecified atom stereocenters. The van der Waals surface area contributed by atoms with E-state index in [2.05, 4.69) is 5.32 Å². The summed E-state index contributed by atoms with van der Waals surface area (Å²) in [6.45, 7) is 5.28. The zero-order chi connectivity index (χ0) is 23.3. The van der Waals surface area contributed by atoms with Crippen LogP contribution in [0.1, 0.15) is 37.4 Å². The highest BCUT2D eigenvalue weighted by Gasteiger charge is 2.28. The van der Waals surface area contributed by atoms with E-state index in [1.54, 1.807) is 18.7 Å². The summed E-state index contributed by atoms with van der Waals surface area (Å²) in [5.41, 5.74) is 1.96. The first-order valence-electron chi connectivity index (χ1n) is 10.7. The van der Waals surface area contributed by atoms with Gasteiger partial charge in [-0.25, -0.2) is 4.68 Å². The van der Waals surface area contributed by atoms with Gasteiger partial charge in [0.15, 0.2) is 6.61 Å². The number of carbonyl (C=O) groups is 2. The van der Waals surface area contributed by atoms with Crippen LogP contribution in [0, 0.1) is 12.8 Å². The molecule has 0 saturated carbocycles. The van der Waals surface area contributed by atoms with Gasteiger partial charge in [0, 0.05) is 7.05 Å². The van der Waals surface area contributed by atoms with Crippen molar-refractivity contribution >= 4 is 17.6 Å². The zero-order valence-electron chi connectivity index (χ0n) is 18.9. The van der Waals surface area contributed by atoms with Gasteiger partial charge in [0.1, 0.15) is 5.69 Å². The maximum Gasteiger partial charge on any atom is 0.314 e. The Morgan fingerprint density at radius 2 is 1.62 bits per heavy atom. The molecule has 0 fully saturated rings. The summed E-state index contributed by atoms with van der Waals surface area (Å²) in [5, 5.41) is 2.62. The maximum absolute atomic E-state index is 12.9. The highest BCUT2D eigenvalue weighted by molar-refractivity contribution is 5.93. The van der Waals surface area contributed by atoms with E-state index in [-0.39, 0.29) is 17.2 Å². The SMILES string of the molecule is CC[C@@H](C)[C@@H](C(=O)OCC(=O)Nc1c(C)n(C)n(-c2ccccc2)c1=O)c1ccccc1. The fraction of sp³-hybridized carbons (Fsp3) is 0.320. The van der Waals surface area contributed by atoms with Crippen LogP contribution in [0.15, 0.2) is 65.5 Å². The molecule has 3 aromatic rings. The molecule has 0 aliphatic carbocycles. The Morgan fingerprint density at radius 1 is 1.03 bits per heavy atom. The molecule has 7 heteroatoms. The number of anilines is 1. The highest BCUT2D eigenvalue weighted by atomic mass is 16.5. The molecule has 1 heterocycles. The van der Waals surface area contributed by atoms with Crippen LogP contribution in [0.3, 0.4) is 0 Å². The Morgan fingerprint density at radius 3 is 2.22 bits per heavy atom. The first kappa shape index (κ1) is 23.1. The first-order chi connectivity index (χ1) is 15.3. The van der Waals surface area contributed by atoms with Crippen LogP contribution < -0.4 is 10.9 Å². The number of nitrogens with zero attached hydrogens (tertiary/aromatic N) is 2. The fourth-order valence-electron chi connectivity index (χ4n) is 3.71. The quantitative estimate of drug-likeness (QED) is 0.546. The molecular weight excluding hydrogens is 406 g/mol. The van der Waals surface area contributed by atoms with Gasteiger partial charge in [-0.15, -0.1) is 0 Å². The molecule has 1 amide bonds. The normalized spacial score (nSPS) is 12.8. The van der Waals surface area contributed by atoms with E-state index in [0.717, 1.165) is 12.0 Å². The number of aromatic nitrogens is 2. The lowest BCUT2D eigenvalue weighted by Gasteiger charge is -2.21. The summed E-state index contributed by atoms with van der Waals surface area (Å²) in [6.07, 6.45) is 0.795. The van der Waals surface area contributed by atoms with Gasteiger partial charge in [-0.1, -0.05) is 68.8 Å². The standard InChI is InChI=1S/C25H29N3O4/c1-5-17(2)22(19-12-8-6-9-13-19)25(31)32-16-21(29)26-23-18(3)27(4)28(24(23)30)20-14-10-7-11-15-20/h6-15,17,22H,5,16H2,1-4H3,(H,26,29)/t17-,22-/m1/s1. The van der Waals surface area contributed by atoms with Crippen LogP contribution in [-0.2, 0) is 21.4 Å². The summed E-state index contributed by atoms with van der Waals surface area (Å²) < 4.78 is 8.50. The molecule has 1 N–H and O–H groups in total. The molecule has 2 aromatic carbocycles. The second-order valence-electron chi connectivity index (χ2n) is 7.87. The monoisotopic (exact) mass is 435 g/mol. The molecule has 168 valence electrons. The average molecular weight is 436 g/mol. The lowest BCUT2D eigenvalue weighted by Crippen LogP contribution is -2.28. The molecule has 0 aliphatic rings. The molecular formula is C25H29N3O4. The predicted molar refractivity (Wildman–Crippen MR) is 124 cm³/mol. The van der Waals surface area contributed by atoms with E-state index in [0.29, 0.717) is 11.4 Å². The number of hydrogen-bond donors (Lipinski definition) is 1. The van der Waals surface area contributed by atoms with Gasteiger partial charge in [0.2, 0.25) is 0 Å². The topological polar surface area (TPSA) is 82.3 Å². The molecule has 32 heavy (non-hydrogen) atoms. The minimum absolute atomic E-state index is 0.0578. The van der Waals surface area contributed by atoms with Crippen molar-refractivity contribution in [3.05, 3.63) is 82.3 Å². The second kappa shape index (κ2) is 10.1. The summed E-state index contributed by atoms with van der Waals surface area (Å²) in [4.78, 5) is 38.3. The van der Waals surface area contributed by atoms with Gasteiger partial charge < -0.3 is 10.1 Å². The molecule has 0 bridgehead atoms. The summed E-state index contributed by atoms with van der Waals surface area (Å²) in [5.74, 6) is -1.40. The minimum Gasteiger partial charge on any atom is -0.455 e. The van der Waals surface area contributed by atoms with Gasteiger partial charge in [-0.3, -0.25) is 19.1 Å². The van der Waals surface area contributed by atoms with E-state index in [1.165, 1.54) is 4.68 Å². The average Bonchev–Trinajstić information content (AvgIpc) is 3.02. The van der Waals surface area contributed by atoms with Crippen LogP contribution in [0.2, 0.25) is 0 Å². The van der Waals surface area contributed by atoms with Crippen LogP contribution in [0.25, 0.3) is 5.69 Å². The molecule has 2 atom stereocenters. The molecule has 0 aliphatic heterocycles. The van der Waals surface area contributed by atoms with E-state index >= 15 is 0 Å². The molecule has 0 spiro atoms. The van der Waals surface area contributed by atoms with Crippen LogP contribution in [0.4, 0.5) is 5.69 Å². The summed E-state index contributed by atoms with van der Waals surface area (Å²) in [7, 11) is 1.75. The van der Waals surface area contributed by atoms with Crippen molar-refractivity contribution in [3.63, 3.8) is 0 Å². The lowest BCUT2D eigenvalue weighted by atomic mass is 9.86. The number of amides is 1. The van der Waals surface area contributed by atoms with E-state index in [1.807, 2.05) is 74.5 Å². The van der Waals surface area contributed by atoms with Gasteiger partial charge in [-0.2, -0.15) is 0 Å². The zero-order valence-corrected chi connectivity index (χ0v) is 18.9. The Kier molecular flexibility index (Phi) is 7.30. The van der Waals surface area contributed by atoms with Gasteiger partial charge in [0.05, 0.1) is 17.3 Å². The number of esters is 1. The van der Waals surface area contributed by atoms with Crippen molar-refractivity contribution in [2.75, 3.05) is 11.9 Å². The number of nitrogens with one attached hydrogen (secondary N) is 1. The number of hydrogen-bond acceptors (Lipinski definition) is 4.